The molecule has 0 bridgehead atoms. The number of aromatic nitrogens is 1. The smallest absolute Gasteiger partial charge is 0.254 e. The zero-order valence-corrected chi connectivity index (χ0v) is 11.4. The lowest BCUT2D eigenvalue weighted by Crippen LogP contribution is -2.37. The number of rotatable bonds is 2. The van der Waals surface area contributed by atoms with Gasteiger partial charge in [0.05, 0.1) is 11.5 Å². The zero-order chi connectivity index (χ0) is 13.3. The van der Waals surface area contributed by atoms with Gasteiger partial charge in [0.15, 0.2) is 9.84 Å². The summed E-state index contributed by atoms with van der Waals surface area (Å²) >= 11 is 5.72. The van der Waals surface area contributed by atoms with Gasteiger partial charge < -0.3 is 4.90 Å². The van der Waals surface area contributed by atoms with Crippen LogP contribution in [0.4, 0.5) is 0 Å². The van der Waals surface area contributed by atoms with E-state index in [1.807, 2.05) is 0 Å². The molecule has 1 aliphatic rings. The Hall–Kier alpha value is -1.14. The summed E-state index contributed by atoms with van der Waals surface area (Å²) in [5.41, 5.74) is 0.418. The summed E-state index contributed by atoms with van der Waals surface area (Å²) < 4.78 is 22.8. The van der Waals surface area contributed by atoms with Gasteiger partial charge in [-0.2, -0.15) is 0 Å². The van der Waals surface area contributed by atoms with Crippen molar-refractivity contribution in [1.82, 2.24) is 9.88 Å². The lowest BCUT2D eigenvalue weighted by atomic mass is 10.2. The lowest BCUT2D eigenvalue weighted by molar-refractivity contribution is 0.0747. The van der Waals surface area contributed by atoms with E-state index in [9.17, 15) is 13.2 Å². The van der Waals surface area contributed by atoms with Gasteiger partial charge in [0.1, 0.15) is 5.15 Å². The molecule has 0 saturated carbocycles. The molecule has 1 fully saturated rings. The molecule has 1 aliphatic heterocycles. The first-order valence-corrected chi connectivity index (χ1v) is 7.68. The molecule has 1 aromatic rings. The maximum atomic E-state index is 12.1. The monoisotopic (exact) mass is 288 g/mol. The molecular formula is C11H13ClN2O3S. The lowest BCUT2D eigenvalue weighted by Gasteiger charge is -2.23. The summed E-state index contributed by atoms with van der Waals surface area (Å²) in [5.74, 6) is -0.0538. The molecule has 0 aromatic carbocycles. The number of sulfone groups is 1. The van der Waals surface area contributed by atoms with Gasteiger partial charge in [0, 0.05) is 24.8 Å². The molecule has 98 valence electrons. The molecule has 1 aromatic heterocycles. The summed E-state index contributed by atoms with van der Waals surface area (Å²) in [6, 6.07) is 2.78. The van der Waals surface area contributed by atoms with Crippen LogP contribution in [-0.4, -0.2) is 48.8 Å². The van der Waals surface area contributed by atoms with Crippen molar-refractivity contribution in [2.24, 2.45) is 0 Å². The molecule has 1 atom stereocenters. The average molecular weight is 289 g/mol. The predicted molar refractivity (Wildman–Crippen MR) is 68.4 cm³/mol. The van der Waals surface area contributed by atoms with Gasteiger partial charge in [0.25, 0.3) is 5.91 Å². The van der Waals surface area contributed by atoms with Crippen LogP contribution in [0.15, 0.2) is 18.3 Å². The van der Waals surface area contributed by atoms with Crippen molar-refractivity contribution in [3.63, 3.8) is 0 Å². The fourth-order valence-corrected chi connectivity index (χ4v) is 3.93. The van der Waals surface area contributed by atoms with Crippen LogP contribution >= 0.6 is 11.6 Å². The Bertz CT molecular complexity index is 573. The van der Waals surface area contributed by atoms with E-state index < -0.39 is 9.84 Å². The SMILES string of the molecule is CN(C(=O)c1ccnc(Cl)c1)C1CCS(=O)(=O)C1. The van der Waals surface area contributed by atoms with Crippen LogP contribution in [0.1, 0.15) is 16.8 Å². The topological polar surface area (TPSA) is 67.3 Å². The Balaban J connectivity index is 2.15. The first kappa shape index (κ1) is 13.3. The number of carbonyl (C=O) groups is 1. The molecule has 2 heterocycles. The summed E-state index contributed by atoms with van der Waals surface area (Å²) in [4.78, 5) is 17.4. The molecule has 1 unspecified atom stereocenters. The van der Waals surface area contributed by atoms with E-state index in [0.717, 1.165) is 0 Å². The third kappa shape index (κ3) is 2.81. The summed E-state index contributed by atoms with van der Waals surface area (Å²) in [6.07, 6.45) is 1.94. The summed E-state index contributed by atoms with van der Waals surface area (Å²) in [5, 5.41) is 0.244. The molecule has 0 aliphatic carbocycles. The van der Waals surface area contributed by atoms with E-state index >= 15 is 0 Å². The number of amides is 1. The fraction of sp³-hybridized carbons (Fsp3) is 0.455. The van der Waals surface area contributed by atoms with Crippen molar-refractivity contribution >= 4 is 27.3 Å². The van der Waals surface area contributed by atoms with Gasteiger partial charge in [-0.05, 0) is 18.6 Å². The molecule has 2 rings (SSSR count). The van der Waals surface area contributed by atoms with E-state index in [2.05, 4.69) is 4.98 Å². The van der Waals surface area contributed by atoms with Crippen molar-refractivity contribution in [3.05, 3.63) is 29.0 Å². The third-order valence-electron chi connectivity index (χ3n) is 3.05. The molecule has 7 heteroatoms. The second kappa shape index (κ2) is 4.85. The van der Waals surface area contributed by atoms with Crippen molar-refractivity contribution in [2.45, 2.75) is 12.5 Å². The maximum absolute atomic E-state index is 12.1. The molecule has 18 heavy (non-hydrogen) atoms. The minimum atomic E-state index is -3.00. The molecular weight excluding hydrogens is 276 g/mol. The number of halogens is 1. The standard InChI is InChI=1S/C11H13ClN2O3S/c1-14(9-3-5-18(16,17)7-9)11(15)8-2-4-13-10(12)6-8/h2,4,6,9H,3,5,7H2,1H3. The number of carbonyl (C=O) groups excluding carboxylic acids is 1. The highest BCUT2D eigenvalue weighted by molar-refractivity contribution is 7.91. The van der Waals surface area contributed by atoms with Crippen LogP contribution in [0.3, 0.4) is 0 Å². The predicted octanol–water partition coefficient (Wildman–Crippen LogP) is 0.994. The van der Waals surface area contributed by atoms with E-state index in [1.54, 1.807) is 13.1 Å². The quantitative estimate of drug-likeness (QED) is 0.761. The molecule has 0 radical (unpaired) electrons. The second-order valence-corrected chi connectivity index (χ2v) is 6.96. The minimum Gasteiger partial charge on any atom is -0.338 e. The van der Waals surface area contributed by atoms with Crippen LogP contribution in [0.2, 0.25) is 5.15 Å². The number of hydrogen-bond acceptors (Lipinski definition) is 4. The third-order valence-corrected chi connectivity index (χ3v) is 5.01. The van der Waals surface area contributed by atoms with Crippen molar-refractivity contribution in [3.8, 4) is 0 Å². The molecule has 0 N–H and O–H groups in total. The zero-order valence-electron chi connectivity index (χ0n) is 9.84. The van der Waals surface area contributed by atoms with Crippen LogP contribution in [-0.2, 0) is 9.84 Å². The first-order chi connectivity index (χ1) is 8.39. The van der Waals surface area contributed by atoms with E-state index in [-0.39, 0.29) is 28.6 Å². The number of pyridine rings is 1. The maximum Gasteiger partial charge on any atom is 0.254 e. The van der Waals surface area contributed by atoms with E-state index in [1.165, 1.54) is 17.2 Å². The fourth-order valence-electron chi connectivity index (χ4n) is 1.99. The first-order valence-electron chi connectivity index (χ1n) is 5.48. The van der Waals surface area contributed by atoms with Gasteiger partial charge in [-0.25, -0.2) is 13.4 Å². The average Bonchev–Trinajstić information content (AvgIpc) is 2.68. The van der Waals surface area contributed by atoms with Crippen molar-refractivity contribution < 1.29 is 13.2 Å². The van der Waals surface area contributed by atoms with Crippen LogP contribution in [0.5, 0.6) is 0 Å². The van der Waals surface area contributed by atoms with Crippen molar-refractivity contribution in [2.75, 3.05) is 18.6 Å². The minimum absolute atomic E-state index is 0.0358. The highest BCUT2D eigenvalue weighted by Gasteiger charge is 2.33. The highest BCUT2D eigenvalue weighted by atomic mass is 35.5. The number of nitrogens with zero attached hydrogens (tertiary/aromatic N) is 2. The highest BCUT2D eigenvalue weighted by Crippen LogP contribution is 2.19. The molecule has 0 spiro atoms. The van der Waals surface area contributed by atoms with Crippen LogP contribution in [0, 0.1) is 0 Å². The second-order valence-electron chi connectivity index (χ2n) is 4.34. The summed E-state index contributed by atoms with van der Waals surface area (Å²) in [7, 11) is -1.38. The largest absolute Gasteiger partial charge is 0.338 e. The Morgan fingerprint density at radius 2 is 2.28 bits per heavy atom. The van der Waals surface area contributed by atoms with Gasteiger partial charge in [-0.1, -0.05) is 11.6 Å². The summed E-state index contributed by atoms with van der Waals surface area (Å²) in [6.45, 7) is 0. The normalized spacial score (nSPS) is 21.8. The molecule has 1 saturated heterocycles. The Labute approximate surface area is 111 Å². The Morgan fingerprint density at radius 3 is 2.83 bits per heavy atom. The Morgan fingerprint density at radius 1 is 1.56 bits per heavy atom. The van der Waals surface area contributed by atoms with Gasteiger partial charge in [-0.3, -0.25) is 4.79 Å². The van der Waals surface area contributed by atoms with Crippen molar-refractivity contribution in [1.29, 1.82) is 0 Å². The van der Waals surface area contributed by atoms with Gasteiger partial charge in [0.2, 0.25) is 0 Å². The molecule has 1 amide bonds. The van der Waals surface area contributed by atoms with Crippen LogP contribution < -0.4 is 0 Å². The van der Waals surface area contributed by atoms with Gasteiger partial charge >= 0.3 is 0 Å². The van der Waals surface area contributed by atoms with E-state index in [0.29, 0.717) is 12.0 Å². The van der Waals surface area contributed by atoms with Crippen LogP contribution in [0.25, 0.3) is 0 Å². The van der Waals surface area contributed by atoms with E-state index in [4.69, 9.17) is 11.6 Å². The Kier molecular flexibility index (Phi) is 3.59. The molecule has 5 nitrogen and oxygen atoms in total. The van der Waals surface area contributed by atoms with Gasteiger partial charge in [-0.15, -0.1) is 0 Å². The number of hydrogen-bond donors (Lipinski definition) is 0.